The summed E-state index contributed by atoms with van der Waals surface area (Å²) in [5.41, 5.74) is 1.51. The molecule has 0 amide bonds. The first-order valence-electron chi connectivity index (χ1n) is 12.5. The molecule has 5 aromatic carbocycles. The first-order valence-corrected chi connectivity index (χ1v) is 12.5. The molecule has 0 saturated carbocycles. The number of hydrogen-bond acceptors (Lipinski definition) is 0. The van der Waals surface area contributed by atoms with Gasteiger partial charge in [-0.3, -0.25) is 0 Å². The van der Waals surface area contributed by atoms with Gasteiger partial charge in [0.2, 0.25) is 0 Å². The van der Waals surface area contributed by atoms with Crippen LogP contribution in [0.1, 0.15) is 70.3 Å². The summed E-state index contributed by atoms with van der Waals surface area (Å²) in [6, 6.07) is 29.7. The average Bonchev–Trinajstić information content (AvgIpc) is 2.83. The number of rotatable bonds is 8. The molecule has 0 aromatic heterocycles. The second-order valence-electron chi connectivity index (χ2n) is 9.59. The predicted molar refractivity (Wildman–Crippen MR) is 143 cm³/mol. The zero-order valence-corrected chi connectivity index (χ0v) is 19.5. The van der Waals surface area contributed by atoms with Crippen LogP contribution in [0.15, 0.2) is 78.9 Å². The molecule has 0 fully saturated rings. The zero-order valence-electron chi connectivity index (χ0n) is 19.5. The highest BCUT2D eigenvalue weighted by Gasteiger charge is 2.12. The molecule has 1 atom stereocenters. The van der Waals surface area contributed by atoms with E-state index in [-0.39, 0.29) is 0 Å². The summed E-state index contributed by atoms with van der Waals surface area (Å²) >= 11 is 0. The third kappa shape index (κ3) is 4.11. The Balaban J connectivity index is 1.53. The molecule has 0 radical (unpaired) electrons. The maximum atomic E-state index is 2.47. The van der Waals surface area contributed by atoms with Crippen LogP contribution in [-0.2, 0) is 0 Å². The largest absolute Gasteiger partial charge is 0.0654 e. The van der Waals surface area contributed by atoms with Gasteiger partial charge in [-0.25, -0.2) is 0 Å². The molecular formula is C32H34. The lowest BCUT2D eigenvalue weighted by Gasteiger charge is -2.16. The highest BCUT2D eigenvalue weighted by molar-refractivity contribution is 6.15. The lowest BCUT2D eigenvalue weighted by Crippen LogP contribution is -1.96. The van der Waals surface area contributed by atoms with Gasteiger partial charge in [0.25, 0.3) is 0 Å². The summed E-state index contributed by atoms with van der Waals surface area (Å²) in [4.78, 5) is 0. The summed E-state index contributed by atoms with van der Waals surface area (Å²) in [7, 11) is 0. The second-order valence-corrected chi connectivity index (χ2v) is 9.59. The van der Waals surface area contributed by atoms with Crippen LogP contribution >= 0.6 is 0 Å². The Bertz CT molecular complexity index is 1380. The third-order valence-electron chi connectivity index (χ3n) is 7.26. The van der Waals surface area contributed by atoms with E-state index < -0.39 is 0 Å². The highest BCUT2D eigenvalue weighted by Crippen LogP contribution is 2.35. The topological polar surface area (TPSA) is 0 Å². The summed E-state index contributed by atoms with van der Waals surface area (Å²) in [5.74, 6) is 0.595. The summed E-state index contributed by atoms with van der Waals surface area (Å²) in [5, 5.41) is 10.8. The van der Waals surface area contributed by atoms with Crippen molar-refractivity contribution in [3.8, 4) is 0 Å². The van der Waals surface area contributed by atoms with Gasteiger partial charge in [0.1, 0.15) is 0 Å². The van der Waals surface area contributed by atoms with E-state index in [2.05, 4.69) is 92.7 Å². The first-order chi connectivity index (χ1) is 15.7. The summed E-state index contributed by atoms with van der Waals surface area (Å²) in [6.07, 6.45) is 9.48. The van der Waals surface area contributed by atoms with Crippen LogP contribution in [0, 0.1) is 0 Å². The molecule has 0 heterocycles. The molecule has 0 aliphatic rings. The molecule has 5 aromatic rings. The maximum absolute atomic E-state index is 2.47. The fourth-order valence-electron chi connectivity index (χ4n) is 5.36. The van der Waals surface area contributed by atoms with Crippen molar-refractivity contribution in [2.45, 2.75) is 64.7 Å². The lowest BCUT2D eigenvalue weighted by molar-refractivity contribution is 0.558. The minimum atomic E-state index is 0.595. The van der Waals surface area contributed by atoms with E-state index in [9.17, 15) is 0 Å². The molecule has 0 saturated heterocycles. The molecule has 0 bridgehead atoms. The normalized spacial score (nSPS) is 12.8. The van der Waals surface area contributed by atoms with Crippen molar-refractivity contribution in [2.75, 3.05) is 0 Å². The number of unbranched alkanes of at least 4 members (excludes halogenated alkanes) is 5. The first kappa shape index (κ1) is 21.0. The van der Waals surface area contributed by atoms with Gasteiger partial charge in [-0.15, -0.1) is 0 Å². The molecule has 32 heavy (non-hydrogen) atoms. The van der Waals surface area contributed by atoms with Gasteiger partial charge in [0.15, 0.2) is 0 Å². The van der Waals surface area contributed by atoms with Crippen LogP contribution in [0.5, 0.6) is 0 Å². The highest BCUT2D eigenvalue weighted by atomic mass is 14.2. The monoisotopic (exact) mass is 418 g/mol. The minimum Gasteiger partial charge on any atom is -0.0654 e. The average molecular weight is 419 g/mol. The van der Waals surface area contributed by atoms with E-state index in [0.717, 1.165) is 0 Å². The van der Waals surface area contributed by atoms with Crippen LogP contribution in [0.3, 0.4) is 0 Å². The SMILES string of the molecule is CCCCCCCCC(C)c1cccc2cc3ccc4cc5ccccc5cc4c3cc12. The Morgan fingerprint density at radius 3 is 1.91 bits per heavy atom. The Hall–Kier alpha value is -2.86. The van der Waals surface area contributed by atoms with Crippen molar-refractivity contribution in [3.05, 3.63) is 84.4 Å². The van der Waals surface area contributed by atoms with Crippen LogP contribution in [-0.4, -0.2) is 0 Å². The summed E-state index contributed by atoms with van der Waals surface area (Å²) in [6.45, 7) is 4.71. The molecule has 0 aliphatic carbocycles. The smallest absolute Gasteiger partial charge is 0.00987 e. The van der Waals surface area contributed by atoms with E-state index >= 15 is 0 Å². The van der Waals surface area contributed by atoms with Crippen molar-refractivity contribution < 1.29 is 0 Å². The van der Waals surface area contributed by atoms with Crippen molar-refractivity contribution in [1.82, 2.24) is 0 Å². The van der Waals surface area contributed by atoms with E-state index in [1.165, 1.54) is 93.6 Å². The predicted octanol–water partition coefficient (Wildman–Crippen LogP) is 10.2. The molecule has 0 spiro atoms. The molecule has 0 aliphatic heterocycles. The van der Waals surface area contributed by atoms with Crippen molar-refractivity contribution >= 4 is 43.1 Å². The van der Waals surface area contributed by atoms with Gasteiger partial charge in [-0.05, 0) is 85.3 Å². The molecular weight excluding hydrogens is 384 g/mol. The van der Waals surface area contributed by atoms with E-state index in [1.54, 1.807) is 0 Å². The van der Waals surface area contributed by atoms with Gasteiger partial charge in [0, 0.05) is 0 Å². The zero-order chi connectivity index (χ0) is 21.9. The van der Waals surface area contributed by atoms with Gasteiger partial charge in [-0.2, -0.15) is 0 Å². The van der Waals surface area contributed by atoms with Crippen LogP contribution in [0.25, 0.3) is 43.1 Å². The number of fused-ring (bicyclic) bond motifs is 5. The van der Waals surface area contributed by atoms with Crippen LogP contribution in [0.2, 0.25) is 0 Å². The van der Waals surface area contributed by atoms with Gasteiger partial charge < -0.3 is 0 Å². The van der Waals surface area contributed by atoms with Crippen molar-refractivity contribution in [1.29, 1.82) is 0 Å². The molecule has 0 nitrogen and oxygen atoms in total. The Kier molecular flexibility index (Phi) is 6.12. The third-order valence-corrected chi connectivity index (χ3v) is 7.26. The van der Waals surface area contributed by atoms with E-state index in [1.807, 2.05) is 0 Å². The van der Waals surface area contributed by atoms with Crippen molar-refractivity contribution in [2.24, 2.45) is 0 Å². The van der Waals surface area contributed by atoms with Gasteiger partial charge in [-0.1, -0.05) is 107 Å². The van der Waals surface area contributed by atoms with Gasteiger partial charge in [0.05, 0.1) is 0 Å². The molecule has 0 heteroatoms. The van der Waals surface area contributed by atoms with Gasteiger partial charge >= 0.3 is 0 Å². The lowest BCUT2D eigenvalue weighted by atomic mass is 9.88. The second kappa shape index (κ2) is 9.33. The maximum Gasteiger partial charge on any atom is -0.00987 e. The standard InChI is InChI=1S/C32H34/c1-3-4-5-6-7-8-12-23(2)29-16-11-15-26-20-28-18-17-27-19-24-13-9-10-14-25(24)21-30(27)32(28)22-31(26)29/h9-11,13-23H,3-8,12H2,1-2H3. The molecule has 162 valence electrons. The van der Waals surface area contributed by atoms with Crippen LogP contribution < -0.4 is 0 Å². The van der Waals surface area contributed by atoms with Crippen LogP contribution in [0.4, 0.5) is 0 Å². The Morgan fingerprint density at radius 2 is 1.12 bits per heavy atom. The summed E-state index contributed by atoms with van der Waals surface area (Å²) < 4.78 is 0. The van der Waals surface area contributed by atoms with Crippen molar-refractivity contribution in [3.63, 3.8) is 0 Å². The van der Waals surface area contributed by atoms with E-state index in [4.69, 9.17) is 0 Å². The number of benzene rings is 5. The molecule has 0 N–H and O–H groups in total. The Morgan fingerprint density at radius 1 is 0.531 bits per heavy atom. The number of hydrogen-bond donors (Lipinski definition) is 0. The fraction of sp³-hybridized carbons (Fsp3) is 0.312. The molecule has 5 rings (SSSR count). The quantitative estimate of drug-likeness (QED) is 0.133. The van der Waals surface area contributed by atoms with E-state index in [0.29, 0.717) is 5.92 Å². The molecule has 1 unspecified atom stereocenters. The fourth-order valence-corrected chi connectivity index (χ4v) is 5.36. The minimum absolute atomic E-state index is 0.595. The Labute approximate surface area is 192 Å².